The van der Waals surface area contributed by atoms with Crippen LogP contribution in [0.2, 0.25) is 0 Å². The summed E-state index contributed by atoms with van der Waals surface area (Å²) in [4.78, 5) is 100. The Morgan fingerprint density at radius 1 is 0.723 bits per heavy atom. The van der Waals surface area contributed by atoms with E-state index >= 15 is 0 Å². The van der Waals surface area contributed by atoms with Gasteiger partial charge in [0.05, 0.1) is 12.1 Å². The maximum Gasteiger partial charge on any atom is 0.245 e. The number of carbonyl (C=O) groups is 7. The van der Waals surface area contributed by atoms with Gasteiger partial charge in [-0.15, -0.1) is 0 Å². The van der Waals surface area contributed by atoms with Crippen molar-refractivity contribution in [3.8, 4) is 0 Å². The number of rotatable bonds is 14. The third kappa shape index (κ3) is 15.1. The normalized spacial score (nSPS) is 22.9. The molecule has 4 aromatic rings. The van der Waals surface area contributed by atoms with Crippen molar-refractivity contribution in [1.29, 1.82) is 0 Å². The summed E-state index contributed by atoms with van der Waals surface area (Å²) < 4.78 is 0. The average molecular weight is 931 g/mol. The molecule has 1 aromatic heterocycles. The molecule has 65 heavy (non-hydrogen) atoms. The number of unbranched alkanes of at least 4 members (excludes halogenated alkanes) is 1. The minimum atomic E-state index is -1.58. The van der Waals surface area contributed by atoms with E-state index in [-0.39, 0.29) is 37.2 Å². The van der Waals surface area contributed by atoms with Gasteiger partial charge in [0, 0.05) is 41.4 Å². The molecular formula is C45H58N10O8S2. The summed E-state index contributed by atoms with van der Waals surface area (Å²) in [6, 6.07) is 16.3. The van der Waals surface area contributed by atoms with Gasteiger partial charge in [-0.05, 0) is 61.9 Å². The predicted molar refractivity (Wildman–Crippen MR) is 251 cm³/mol. The van der Waals surface area contributed by atoms with Crippen molar-refractivity contribution < 1.29 is 38.7 Å². The molecule has 5 rings (SSSR count). The highest BCUT2D eigenvalue weighted by atomic mass is 33.1. The first-order chi connectivity index (χ1) is 31.2. The van der Waals surface area contributed by atoms with Crippen LogP contribution in [0.4, 0.5) is 0 Å². The summed E-state index contributed by atoms with van der Waals surface area (Å²) in [5.74, 6) is -5.72. The van der Waals surface area contributed by atoms with E-state index in [9.17, 15) is 38.7 Å². The maximum absolute atomic E-state index is 14.6. The van der Waals surface area contributed by atoms with Gasteiger partial charge in [-0.1, -0.05) is 100 Å². The molecule has 0 bridgehead atoms. The van der Waals surface area contributed by atoms with Gasteiger partial charge in [-0.25, -0.2) is 0 Å². The number of nitrogens with two attached hydrogens (primary N) is 3. The zero-order valence-corrected chi connectivity index (χ0v) is 37.6. The second-order valence-electron chi connectivity index (χ2n) is 15.8. The zero-order valence-electron chi connectivity index (χ0n) is 36.0. The Kier molecular flexibility index (Phi) is 19.2. The summed E-state index contributed by atoms with van der Waals surface area (Å²) in [5.41, 5.74) is 20.7. The number of aromatic amines is 1. The van der Waals surface area contributed by atoms with Crippen LogP contribution in [0, 0.1) is 0 Å². The van der Waals surface area contributed by atoms with Crippen molar-refractivity contribution >= 4 is 73.8 Å². The molecule has 1 saturated heterocycles. The fourth-order valence-electron chi connectivity index (χ4n) is 7.14. The van der Waals surface area contributed by atoms with Crippen LogP contribution in [0.15, 0.2) is 91.1 Å². The number of fused-ring (bicyclic) bond motifs is 1. The second-order valence-corrected chi connectivity index (χ2v) is 18.4. The molecule has 8 atom stereocenters. The molecule has 1 aliphatic rings. The number of hydrogen-bond donors (Lipinski definition) is 11. The summed E-state index contributed by atoms with van der Waals surface area (Å²) in [6.45, 7) is 1.57. The number of nitrogens with one attached hydrogen (secondary N) is 7. The lowest BCUT2D eigenvalue weighted by Gasteiger charge is -2.29. The van der Waals surface area contributed by atoms with Gasteiger partial charge < -0.3 is 59.2 Å². The van der Waals surface area contributed by atoms with Crippen molar-refractivity contribution in [3.63, 3.8) is 0 Å². The molecule has 14 N–H and O–H groups in total. The van der Waals surface area contributed by atoms with E-state index in [0.29, 0.717) is 30.5 Å². The van der Waals surface area contributed by atoms with Gasteiger partial charge in [0.2, 0.25) is 41.4 Å². The quantitative estimate of drug-likeness (QED) is 0.0580. The van der Waals surface area contributed by atoms with Gasteiger partial charge in [0.1, 0.15) is 36.3 Å². The third-order valence-electron chi connectivity index (χ3n) is 10.8. The van der Waals surface area contributed by atoms with Crippen molar-refractivity contribution in [3.05, 3.63) is 108 Å². The molecule has 1 fully saturated rings. The van der Waals surface area contributed by atoms with E-state index in [0.717, 1.165) is 38.1 Å². The molecule has 18 nitrogen and oxygen atoms in total. The van der Waals surface area contributed by atoms with E-state index in [1.807, 2.05) is 54.6 Å². The fraction of sp³-hybridized carbons (Fsp3) is 0.400. The Balaban J connectivity index is 1.53. The van der Waals surface area contributed by atoms with Crippen molar-refractivity contribution in [1.82, 2.24) is 36.9 Å². The number of primary amides is 1. The summed E-state index contributed by atoms with van der Waals surface area (Å²) in [6.07, 6.45) is 1.31. The monoisotopic (exact) mass is 930 g/mol. The molecule has 0 radical (unpaired) electrons. The van der Waals surface area contributed by atoms with E-state index in [2.05, 4.69) is 36.9 Å². The number of hydrogen-bond acceptors (Lipinski definition) is 12. The number of benzene rings is 3. The molecule has 348 valence electrons. The highest BCUT2D eigenvalue weighted by Gasteiger charge is 2.35. The van der Waals surface area contributed by atoms with Crippen molar-refractivity contribution in [2.75, 3.05) is 18.1 Å². The van der Waals surface area contributed by atoms with Gasteiger partial charge in [0.15, 0.2) is 0 Å². The van der Waals surface area contributed by atoms with Gasteiger partial charge in [0.25, 0.3) is 0 Å². The van der Waals surface area contributed by atoms with Crippen LogP contribution in [0.5, 0.6) is 0 Å². The van der Waals surface area contributed by atoms with Crippen LogP contribution >= 0.6 is 21.6 Å². The molecule has 0 aliphatic carbocycles. The highest BCUT2D eigenvalue weighted by molar-refractivity contribution is 8.76. The zero-order chi connectivity index (χ0) is 46.9. The Labute approximate surface area is 384 Å². The van der Waals surface area contributed by atoms with Crippen LogP contribution < -0.4 is 49.1 Å². The summed E-state index contributed by atoms with van der Waals surface area (Å²) in [5, 5.41) is 27.6. The van der Waals surface area contributed by atoms with Crippen molar-refractivity contribution in [2.24, 2.45) is 17.2 Å². The van der Waals surface area contributed by atoms with Gasteiger partial charge in [-0.2, -0.15) is 0 Å². The maximum atomic E-state index is 14.6. The lowest BCUT2D eigenvalue weighted by Crippen LogP contribution is -2.62. The Bertz CT molecular complexity index is 2250. The number of carbonyl (C=O) groups excluding carboxylic acids is 7. The van der Waals surface area contributed by atoms with Crippen molar-refractivity contribution in [2.45, 2.75) is 93.8 Å². The average Bonchev–Trinajstić information content (AvgIpc) is 3.70. The minimum absolute atomic E-state index is 0.0131. The Morgan fingerprint density at radius 2 is 1.31 bits per heavy atom. The van der Waals surface area contributed by atoms with Crippen LogP contribution in [0.25, 0.3) is 10.9 Å². The lowest BCUT2D eigenvalue weighted by molar-refractivity contribution is -0.136. The standard InChI is InChI=1S/C45H58N10O8S2/c1-26(56)38-45(63)53-36(39(48)57)24-64-65-25-37(54-40(58)31(47)20-27-12-4-2-5-13-27)44(62)51-34(21-28-14-6-3-7-15-28)42(60)52-35(22-29-23-49-32-17-9-8-16-30(29)32)43(61)50-33(41(59)55-38)18-10-11-19-46/h2-9,12-17,23,26,31,33-38,49,56H,10-11,18-22,24-25,46-47H2,1H3,(H2,48,57)(H,50,61)(H,51,62)(H,52,60)(H,53,63)(H,54,58)(H,55,59)/t26-,31-,33+,34+,35-,36+,37+,38+/m1/s1. The molecule has 7 amide bonds. The number of aliphatic hydroxyl groups is 1. The fourth-order valence-corrected chi connectivity index (χ4v) is 9.48. The molecule has 0 saturated carbocycles. The highest BCUT2D eigenvalue weighted by Crippen LogP contribution is 2.24. The summed E-state index contributed by atoms with van der Waals surface area (Å²) >= 11 is 0. The predicted octanol–water partition coefficient (Wildman–Crippen LogP) is -0.178. The minimum Gasteiger partial charge on any atom is -0.391 e. The van der Waals surface area contributed by atoms with E-state index in [1.54, 1.807) is 36.5 Å². The van der Waals surface area contributed by atoms with Crippen LogP contribution in [-0.2, 0) is 52.8 Å². The SMILES string of the molecule is C[C@@H](O)[C@@H]1NC(=O)[C@H](CCCCN)NC(=O)[C@@H](Cc2c[nH]c3ccccc23)NC(=O)[C@H](Cc2ccccc2)NC(=O)[C@@H](NC(=O)[C@H](N)Cc2ccccc2)CSSC[C@@H](C(N)=O)NC1=O. The van der Waals surface area contributed by atoms with Gasteiger partial charge in [-0.3, -0.25) is 33.6 Å². The number of aliphatic hydroxyl groups excluding tert-OH is 1. The van der Waals surface area contributed by atoms with Crippen LogP contribution in [-0.4, -0.2) is 118 Å². The Morgan fingerprint density at radius 3 is 1.97 bits per heavy atom. The van der Waals surface area contributed by atoms with Crippen LogP contribution in [0.3, 0.4) is 0 Å². The topological polar surface area (TPSA) is 306 Å². The molecule has 20 heteroatoms. The number of aromatic nitrogens is 1. The molecule has 0 spiro atoms. The largest absolute Gasteiger partial charge is 0.391 e. The third-order valence-corrected chi connectivity index (χ3v) is 13.2. The molecule has 2 heterocycles. The molecule has 0 unspecified atom stereocenters. The lowest BCUT2D eigenvalue weighted by atomic mass is 10.0. The first kappa shape index (κ1) is 50.1. The van der Waals surface area contributed by atoms with E-state index in [1.165, 1.54) is 6.92 Å². The van der Waals surface area contributed by atoms with E-state index in [4.69, 9.17) is 17.2 Å². The van der Waals surface area contributed by atoms with Crippen LogP contribution in [0.1, 0.15) is 42.9 Å². The second kappa shape index (κ2) is 24.9. The van der Waals surface area contributed by atoms with Gasteiger partial charge >= 0.3 is 0 Å². The summed E-state index contributed by atoms with van der Waals surface area (Å²) in [7, 11) is 2.14. The molecular weight excluding hydrogens is 873 g/mol. The van der Waals surface area contributed by atoms with E-state index < -0.39 is 89.7 Å². The first-order valence-corrected chi connectivity index (χ1v) is 23.8. The Hall–Kier alpha value is -5.93. The number of amides is 7. The molecule has 1 aliphatic heterocycles. The smallest absolute Gasteiger partial charge is 0.245 e. The molecule has 3 aromatic carbocycles. The number of para-hydroxylation sites is 1. The number of H-pyrrole nitrogens is 1. The first-order valence-electron chi connectivity index (χ1n) is 21.4.